The molecule has 3 amide bonds. The van der Waals surface area contributed by atoms with Crippen LogP contribution in [0, 0.1) is 11.9 Å². The minimum Gasteiger partial charge on any atom is -0.451 e. The number of nitrogens with one attached hydrogen (secondary N) is 3. The van der Waals surface area contributed by atoms with Crippen LogP contribution in [-0.4, -0.2) is 35.8 Å². The lowest BCUT2D eigenvalue weighted by Crippen LogP contribution is -2.50. The number of carbonyl (C=O) groups excluding carboxylic acids is 3. The maximum Gasteiger partial charge on any atom is 0.287 e. The molecule has 9 heteroatoms. The number of rotatable bonds is 8. The van der Waals surface area contributed by atoms with E-state index in [-0.39, 0.29) is 29.7 Å². The van der Waals surface area contributed by atoms with E-state index in [0.29, 0.717) is 5.76 Å². The van der Waals surface area contributed by atoms with Gasteiger partial charge in [0, 0.05) is 37.0 Å². The van der Waals surface area contributed by atoms with Crippen LogP contribution in [0.15, 0.2) is 59.1 Å². The van der Waals surface area contributed by atoms with Gasteiger partial charge in [0.25, 0.3) is 11.8 Å². The summed E-state index contributed by atoms with van der Waals surface area (Å²) in [6, 6.07) is 12.5. The Morgan fingerprint density at radius 1 is 1.06 bits per heavy atom. The van der Waals surface area contributed by atoms with Crippen molar-refractivity contribution in [3.05, 3.63) is 77.6 Å². The first kappa shape index (κ1) is 25.1. The highest BCUT2D eigenvalue weighted by Crippen LogP contribution is 2.28. The van der Waals surface area contributed by atoms with E-state index in [2.05, 4.69) is 20.9 Å². The van der Waals surface area contributed by atoms with Crippen molar-refractivity contribution in [1.29, 1.82) is 0 Å². The van der Waals surface area contributed by atoms with Gasteiger partial charge in [-0.05, 0) is 48.6 Å². The molecular weight excluding hydrogens is 463 g/mol. The fraction of sp³-hybridized carbons (Fsp3) is 0.333. The van der Waals surface area contributed by atoms with Crippen LogP contribution in [-0.2, 0) is 11.3 Å². The number of benzene rings is 1. The number of carbonyl (C=O) groups is 3. The Bertz CT molecular complexity index is 1240. The number of aromatic nitrogens is 1. The fourth-order valence-electron chi connectivity index (χ4n) is 4.51. The van der Waals surface area contributed by atoms with E-state index >= 15 is 0 Å². The topological polar surface area (TPSA) is 113 Å². The molecule has 1 aliphatic carbocycles. The monoisotopic (exact) mass is 492 g/mol. The normalized spacial score (nSPS) is 14.6. The van der Waals surface area contributed by atoms with E-state index in [1.54, 1.807) is 19.2 Å². The second kappa shape index (κ2) is 11.6. The zero-order valence-corrected chi connectivity index (χ0v) is 20.1. The molecule has 4 rings (SSSR count). The highest BCUT2D eigenvalue weighted by molar-refractivity contribution is 5.96. The van der Waals surface area contributed by atoms with Gasteiger partial charge in [-0.1, -0.05) is 37.5 Å². The second-order valence-corrected chi connectivity index (χ2v) is 8.88. The highest BCUT2D eigenvalue weighted by atomic mass is 19.1. The molecule has 1 unspecified atom stereocenters. The molecule has 1 fully saturated rings. The summed E-state index contributed by atoms with van der Waals surface area (Å²) < 4.78 is 19.1. The standard InChI is InChI=1S/C27H29FN4O4/c1-29-27(35)24(18-7-3-2-4-8-18)32-26(34)22-11-10-21(36-22)19-9-5-6-17(14-19)16-31-25(33)20-12-13-30-23(28)15-20/h5-6,9-15,18,24H,2-4,7-8,16H2,1H3,(H,29,35)(H,31,33)(H,32,34). The van der Waals surface area contributed by atoms with Crippen LogP contribution in [0.1, 0.15) is 58.6 Å². The Kier molecular flexibility index (Phi) is 8.10. The molecule has 8 nitrogen and oxygen atoms in total. The van der Waals surface area contributed by atoms with Crippen molar-refractivity contribution in [3.63, 3.8) is 0 Å². The van der Waals surface area contributed by atoms with Gasteiger partial charge in [0.1, 0.15) is 11.8 Å². The van der Waals surface area contributed by atoms with Crippen LogP contribution < -0.4 is 16.0 Å². The van der Waals surface area contributed by atoms with E-state index in [9.17, 15) is 18.8 Å². The summed E-state index contributed by atoms with van der Waals surface area (Å²) in [4.78, 5) is 41.1. The third kappa shape index (κ3) is 6.16. The molecule has 2 aromatic heterocycles. The lowest BCUT2D eigenvalue weighted by Gasteiger charge is -2.29. The fourth-order valence-corrected chi connectivity index (χ4v) is 4.51. The van der Waals surface area contributed by atoms with Crippen molar-refractivity contribution in [3.8, 4) is 11.3 Å². The third-order valence-corrected chi connectivity index (χ3v) is 6.42. The minimum atomic E-state index is -0.720. The zero-order chi connectivity index (χ0) is 25.5. The molecule has 2 heterocycles. The number of halogens is 1. The largest absolute Gasteiger partial charge is 0.451 e. The molecular formula is C27H29FN4O4. The molecule has 188 valence electrons. The maximum atomic E-state index is 13.3. The van der Waals surface area contributed by atoms with Crippen molar-refractivity contribution in [2.45, 2.75) is 44.7 Å². The Balaban J connectivity index is 1.41. The Hall–Kier alpha value is -4.01. The number of furan rings is 1. The summed E-state index contributed by atoms with van der Waals surface area (Å²) >= 11 is 0. The molecule has 1 aromatic carbocycles. The van der Waals surface area contributed by atoms with Gasteiger partial charge in [0.15, 0.2) is 5.76 Å². The molecule has 1 saturated carbocycles. The first-order valence-electron chi connectivity index (χ1n) is 12.1. The van der Waals surface area contributed by atoms with Gasteiger partial charge in [-0.15, -0.1) is 0 Å². The first-order chi connectivity index (χ1) is 17.4. The Morgan fingerprint density at radius 3 is 2.61 bits per heavy atom. The van der Waals surface area contributed by atoms with Crippen LogP contribution in [0.4, 0.5) is 4.39 Å². The van der Waals surface area contributed by atoms with E-state index < -0.39 is 23.8 Å². The maximum absolute atomic E-state index is 13.3. The van der Waals surface area contributed by atoms with Gasteiger partial charge in [-0.2, -0.15) is 4.39 Å². The van der Waals surface area contributed by atoms with Gasteiger partial charge in [0.05, 0.1) is 0 Å². The number of hydrogen-bond donors (Lipinski definition) is 3. The van der Waals surface area contributed by atoms with E-state index in [1.165, 1.54) is 12.3 Å². The van der Waals surface area contributed by atoms with Crippen LogP contribution in [0.3, 0.4) is 0 Å². The summed E-state index contributed by atoms with van der Waals surface area (Å²) in [6.07, 6.45) is 6.30. The van der Waals surface area contributed by atoms with E-state index in [0.717, 1.165) is 49.3 Å². The lowest BCUT2D eigenvalue weighted by atomic mass is 9.83. The predicted octanol–water partition coefficient (Wildman–Crippen LogP) is 3.84. The molecule has 36 heavy (non-hydrogen) atoms. The van der Waals surface area contributed by atoms with Crippen LogP contribution in [0.2, 0.25) is 0 Å². The quantitative estimate of drug-likeness (QED) is 0.414. The number of likely N-dealkylation sites (N-methyl/N-ethyl adjacent to an activating group) is 1. The molecule has 0 aliphatic heterocycles. The van der Waals surface area contributed by atoms with Gasteiger partial charge in [-0.25, -0.2) is 4.98 Å². The van der Waals surface area contributed by atoms with E-state index in [1.807, 2.05) is 24.3 Å². The molecule has 1 atom stereocenters. The number of nitrogens with zero attached hydrogens (tertiary/aromatic N) is 1. The van der Waals surface area contributed by atoms with Gasteiger partial charge in [0.2, 0.25) is 11.9 Å². The molecule has 0 bridgehead atoms. The average molecular weight is 493 g/mol. The first-order valence-corrected chi connectivity index (χ1v) is 12.1. The van der Waals surface area contributed by atoms with Crippen molar-refractivity contribution in [1.82, 2.24) is 20.9 Å². The number of pyridine rings is 1. The molecule has 0 radical (unpaired) electrons. The Labute approximate surface area is 208 Å². The minimum absolute atomic E-state index is 0.104. The predicted molar refractivity (Wildman–Crippen MR) is 131 cm³/mol. The van der Waals surface area contributed by atoms with Crippen molar-refractivity contribution in [2.75, 3.05) is 7.05 Å². The van der Waals surface area contributed by atoms with Crippen LogP contribution in [0.25, 0.3) is 11.3 Å². The zero-order valence-electron chi connectivity index (χ0n) is 20.1. The van der Waals surface area contributed by atoms with Gasteiger partial charge >= 0.3 is 0 Å². The smallest absolute Gasteiger partial charge is 0.287 e. The SMILES string of the molecule is CNC(=O)C(NC(=O)c1ccc(-c2cccc(CNC(=O)c3ccnc(F)c3)c2)o1)C1CCCCC1. The summed E-state index contributed by atoms with van der Waals surface area (Å²) in [5.41, 5.74) is 1.71. The summed E-state index contributed by atoms with van der Waals surface area (Å²) in [5.74, 6) is -1.07. The molecule has 0 spiro atoms. The average Bonchev–Trinajstić information content (AvgIpc) is 3.41. The van der Waals surface area contributed by atoms with Crippen molar-refractivity contribution < 1.29 is 23.2 Å². The second-order valence-electron chi connectivity index (χ2n) is 8.88. The Morgan fingerprint density at radius 2 is 1.86 bits per heavy atom. The van der Waals surface area contributed by atoms with Crippen molar-refractivity contribution >= 4 is 17.7 Å². The third-order valence-electron chi connectivity index (χ3n) is 6.42. The van der Waals surface area contributed by atoms with Gasteiger partial charge in [-0.3, -0.25) is 14.4 Å². The molecule has 1 aliphatic rings. The molecule has 3 aromatic rings. The summed E-state index contributed by atoms with van der Waals surface area (Å²) in [6.45, 7) is 0.222. The number of amides is 3. The lowest BCUT2D eigenvalue weighted by molar-refractivity contribution is -0.124. The van der Waals surface area contributed by atoms with Crippen molar-refractivity contribution in [2.24, 2.45) is 5.92 Å². The molecule has 0 saturated heterocycles. The highest BCUT2D eigenvalue weighted by Gasteiger charge is 2.31. The summed E-state index contributed by atoms with van der Waals surface area (Å²) in [7, 11) is 1.57. The van der Waals surface area contributed by atoms with Crippen LogP contribution >= 0.6 is 0 Å². The van der Waals surface area contributed by atoms with Gasteiger partial charge < -0.3 is 20.4 Å². The summed E-state index contributed by atoms with van der Waals surface area (Å²) in [5, 5.41) is 8.26. The van der Waals surface area contributed by atoms with E-state index in [4.69, 9.17) is 4.42 Å². The number of hydrogen-bond acceptors (Lipinski definition) is 5. The van der Waals surface area contributed by atoms with Crippen LogP contribution in [0.5, 0.6) is 0 Å². The molecule has 3 N–H and O–H groups in total.